The predicted molar refractivity (Wildman–Crippen MR) is 89.7 cm³/mol. The smallest absolute Gasteiger partial charge is 0.328 e. The van der Waals surface area contributed by atoms with Gasteiger partial charge in [0.2, 0.25) is 0 Å². The minimum atomic E-state index is -1.26. The van der Waals surface area contributed by atoms with Crippen LogP contribution in [-0.2, 0) is 16.1 Å². The Bertz CT molecular complexity index is 719. The second-order valence-electron chi connectivity index (χ2n) is 5.09. The average Bonchev–Trinajstić information content (AvgIpc) is 2.72. The second-order valence-corrected chi connectivity index (χ2v) is 5.52. The quantitative estimate of drug-likeness (QED) is 0.743. The Morgan fingerprint density at radius 2 is 1.83 bits per heavy atom. The molecular formula is C16H19ClN2O4. The number of benzene rings is 1. The summed E-state index contributed by atoms with van der Waals surface area (Å²) in [4.78, 5) is 19.1. The van der Waals surface area contributed by atoms with Crippen molar-refractivity contribution < 1.29 is 19.8 Å². The lowest BCUT2D eigenvalue weighted by Crippen LogP contribution is -2.22. The lowest BCUT2D eigenvalue weighted by atomic mass is 10.2. The highest BCUT2D eigenvalue weighted by Gasteiger charge is 2.07. The van der Waals surface area contributed by atoms with Crippen molar-refractivity contribution in [2.24, 2.45) is 5.73 Å². The first-order chi connectivity index (χ1) is 10.7. The van der Waals surface area contributed by atoms with Gasteiger partial charge < -0.3 is 20.5 Å². The van der Waals surface area contributed by atoms with Crippen molar-refractivity contribution in [1.29, 1.82) is 0 Å². The van der Waals surface area contributed by atoms with Crippen LogP contribution in [0, 0.1) is 6.92 Å². The Balaban J connectivity index is 0.000000284. The molecule has 0 saturated carbocycles. The van der Waals surface area contributed by atoms with Crippen LogP contribution in [0.25, 0.3) is 10.9 Å². The molecule has 2 rings (SSSR count). The number of aliphatic carboxylic acids is 2. The molecule has 124 valence electrons. The lowest BCUT2D eigenvalue weighted by Gasteiger charge is -2.10. The summed E-state index contributed by atoms with van der Waals surface area (Å²) >= 11 is 5.95. The first kappa shape index (κ1) is 18.7. The van der Waals surface area contributed by atoms with Crippen LogP contribution in [0.2, 0.25) is 5.02 Å². The lowest BCUT2D eigenvalue weighted by molar-refractivity contribution is -0.134. The zero-order valence-corrected chi connectivity index (χ0v) is 13.6. The molecule has 1 unspecified atom stereocenters. The van der Waals surface area contributed by atoms with Gasteiger partial charge in [-0.25, -0.2) is 9.59 Å². The van der Waals surface area contributed by atoms with Crippen LogP contribution in [0.1, 0.15) is 12.6 Å². The van der Waals surface area contributed by atoms with Gasteiger partial charge in [-0.15, -0.1) is 0 Å². The topological polar surface area (TPSA) is 106 Å². The molecule has 1 heterocycles. The van der Waals surface area contributed by atoms with E-state index in [1.165, 1.54) is 16.6 Å². The molecule has 0 spiro atoms. The standard InChI is InChI=1S/C12H15ClN2.C4H4O4/c1-8(14)7-15-9(2)5-10-6-11(13)3-4-12(10)15;5-3(6)1-2-4(7)8/h3-6,8H,7,14H2,1-2H3;1-2H,(H,5,6)(H,7,8). The van der Waals surface area contributed by atoms with Crippen LogP contribution in [0.5, 0.6) is 0 Å². The SMILES string of the molecule is Cc1cc2cc(Cl)ccc2n1CC(C)N.O=C(O)C=CC(=O)O. The molecule has 0 amide bonds. The third-order valence-corrected chi connectivity index (χ3v) is 3.14. The molecule has 6 nitrogen and oxygen atoms in total. The van der Waals surface area contributed by atoms with Crippen molar-refractivity contribution in [3.8, 4) is 0 Å². The van der Waals surface area contributed by atoms with Crippen molar-refractivity contribution >= 4 is 34.4 Å². The number of carbonyl (C=O) groups is 2. The molecule has 0 radical (unpaired) electrons. The molecule has 7 heteroatoms. The molecular weight excluding hydrogens is 320 g/mol. The number of fused-ring (bicyclic) bond motifs is 1. The minimum absolute atomic E-state index is 0.162. The Morgan fingerprint density at radius 3 is 2.30 bits per heavy atom. The molecule has 1 aromatic carbocycles. The molecule has 0 aliphatic heterocycles. The maximum Gasteiger partial charge on any atom is 0.328 e. The van der Waals surface area contributed by atoms with Gasteiger partial charge in [0.15, 0.2) is 0 Å². The van der Waals surface area contributed by atoms with Crippen molar-refractivity contribution in [3.05, 3.63) is 47.1 Å². The van der Waals surface area contributed by atoms with E-state index in [4.69, 9.17) is 27.5 Å². The summed E-state index contributed by atoms with van der Waals surface area (Å²) in [6, 6.07) is 8.26. The Labute approximate surface area is 138 Å². The largest absolute Gasteiger partial charge is 0.478 e. The van der Waals surface area contributed by atoms with Gasteiger partial charge in [0, 0.05) is 46.4 Å². The number of carboxylic acids is 2. The monoisotopic (exact) mass is 338 g/mol. The van der Waals surface area contributed by atoms with E-state index in [2.05, 4.69) is 17.6 Å². The minimum Gasteiger partial charge on any atom is -0.478 e. The molecule has 0 aliphatic rings. The van der Waals surface area contributed by atoms with Crippen molar-refractivity contribution in [2.75, 3.05) is 0 Å². The van der Waals surface area contributed by atoms with Gasteiger partial charge in [-0.3, -0.25) is 0 Å². The fourth-order valence-electron chi connectivity index (χ4n) is 2.05. The highest BCUT2D eigenvalue weighted by atomic mass is 35.5. The van der Waals surface area contributed by atoms with Crippen LogP contribution >= 0.6 is 11.6 Å². The number of halogens is 1. The second kappa shape index (κ2) is 8.36. The van der Waals surface area contributed by atoms with Crippen molar-refractivity contribution in [2.45, 2.75) is 26.4 Å². The summed E-state index contributed by atoms with van der Waals surface area (Å²) in [5.41, 5.74) is 8.26. The van der Waals surface area contributed by atoms with E-state index in [0.717, 1.165) is 11.6 Å². The summed E-state index contributed by atoms with van der Waals surface area (Å²) < 4.78 is 2.23. The van der Waals surface area contributed by atoms with Gasteiger partial charge in [-0.2, -0.15) is 0 Å². The van der Waals surface area contributed by atoms with E-state index in [9.17, 15) is 9.59 Å². The van der Waals surface area contributed by atoms with E-state index >= 15 is 0 Å². The Morgan fingerprint density at radius 1 is 1.26 bits per heavy atom. The van der Waals surface area contributed by atoms with E-state index < -0.39 is 11.9 Å². The van der Waals surface area contributed by atoms with Gasteiger partial charge in [0.1, 0.15) is 0 Å². The number of aromatic nitrogens is 1. The zero-order valence-electron chi connectivity index (χ0n) is 12.9. The summed E-state index contributed by atoms with van der Waals surface area (Å²) in [5.74, 6) is -2.51. The molecule has 1 aromatic heterocycles. The fourth-order valence-corrected chi connectivity index (χ4v) is 2.23. The number of nitrogens with zero attached hydrogens (tertiary/aromatic N) is 1. The Hall–Kier alpha value is -2.31. The van der Waals surface area contributed by atoms with Crippen LogP contribution in [-0.4, -0.2) is 32.8 Å². The number of hydrogen-bond acceptors (Lipinski definition) is 3. The molecule has 4 N–H and O–H groups in total. The van der Waals surface area contributed by atoms with E-state index in [0.29, 0.717) is 12.2 Å². The summed E-state index contributed by atoms with van der Waals surface area (Å²) in [6.07, 6.45) is 1.12. The third kappa shape index (κ3) is 6.14. The van der Waals surface area contributed by atoms with Crippen LogP contribution in [0.15, 0.2) is 36.4 Å². The molecule has 0 aliphatic carbocycles. The zero-order chi connectivity index (χ0) is 17.6. The number of aryl methyl sites for hydroxylation is 1. The molecule has 0 fully saturated rings. The number of rotatable bonds is 4. The van der Waals surface area contributed by atoms with Gasteiger partial charge in [-0.05, 0) is 38.1 Å². The average molecular weight is 339 g/mol. The van der Waals surface area contributed by atoms with Crippen LogP contribution in [0.3, 0.4) is 0 Å². The van der Waals surface area contributed by atoms with Gasteiger partial charge in [0.25, 0.3) is 0 Å². The Kier molecular flexibility index (Phi) is 6.81. The molecule has 23 heavy (non-hydrogen) atoms. The van der Waals surface area contributed by atoms with Crippen LogP contribution in [0.4, 0.5) is 0 Å². The highest BCUT2D eigenvalue weighted by Crippen LogP contribution is 2.23. The third-order valence-electron chi connectivity index (χ3n) is 2.91. The van der Waals surface area contributed by atoms with E-state index in [-0.39, 0.29) is 6.04 Å². The molecule has 1 atom stereocenters. The predicted octanol–water partition coefficient (Wildman–Crippen LogP) is 2.66. The summed E-state index contributed by atoms with van der Waals surface area (Å²) in [7, 11) is 0. The molecule has 2 aromatic rings. The van der Waals surface area contributed by atoms with Gasteiger partial charge >= 0.3 is 11.9 Å². The fraction of sp³-hybridized carbons (Fsp3) is 0.250. The molecule has 0 saturated heterocycles. The normalized spacial score (nSPS) is 12.0. The van der Waals surface area contributed by atoms with Crippen molar-refractivity contribution in [3.63, 3.8) is 0 Å². The summed E-state index contributed by atoms with van der Waals surface area (Å²) in [5, 5.41) is 17.6. The number of carboxylic acid groups (broad SMARTS) is 2. The van der Waals surface area contributed by atoms with Gasteiger partial charge in [0.05, 0.1) is 0 Å². The maximum atomic E-state index is 9.55. The number of hydrogen-bond donors (Lipinski definition) is 3. The molecule has 0 bridgehead atoms. The van der Waals surface area contributed by atoms with Gasteiger partial charge in [-0.1, -0.05) is 11.6 Å². The highest BCUT2D eigenvalue weighted by molar-refractivity contribution is 6.31. The van der Waals surface area contributed by atoms with Crippen molar-refractivity contribution in [1.82, 2.24) is 4.57 Å². The first-order valence-electron chi connectivity index (χ1n) is 6.85. The van der Waals surface area contributed by atoms with E-state index in [1.807, 2.05) is 25.1 Å². The van der Waals surface area contributed by atoms with Crippen LogP contribution < -0.4 is 5.73 Å². The summed E-state index contributed by atoms with van der Waals surface area (Å²) in [6.45, 7) is 4.95. The first-order valence-corrected chi connectivity index (χ1v) is 7.23. The number of nitrogens with two attached hydrogens (primary N) is 1. The van der Waals surface area contributed by atoms with E-state index in [1.54, 1.807) is 0 Å². The maximum absolute atomic E-state index is 9.55.